The molecule has 0 amide bonds. The van der Waals surface area contributed by atoms with E-state index in [0.29, 0.717) is 23.9 Å². The van der Waals surface area contributed by atoms with E-state index in [0.717, 1.165) is 49.6 Å². The van der Waals surface area contributed by atoms with Crippen LogP contribution >= 0.6 is 0 Å². The van der Waals surface area contributed by atoms with E-state index in [1.54, 1.807) is 30.3 Å². The van der Waals surface area contributed by atoms with Gasteiger partial charge in [-0.2, -0.15) is 18.2 Å². The number of aromatic nitrogens is 2. The second kappa shape index (κ2) is 10.1. The monoisotopic (exact) mass is 456 g/mol. The van der Waals surface area contributed by atoms with E-state index in [-0.39, 0.29) is 11.8 Å². The number of hydrogen-bond acceptors (Lipinski definition) is 5. The molecule has 2 aromatic carbocycles. The molecule has 0 radical (unpaired) electrons. The smallest absolute Gasteiger partial charge is 0.421 e. The van der Waals surface area contributed by atoms with Gasteiger partial charge in [-0.15, -0.1) is 0 Å². The number of halogens is 3. The lowest BCUT2D eigenvalue weighted by molar-refractivity contribution is -0.137. The minimum atomic E-state index is -4.58. The molecule has 5 nitrogen and oxygen atoms in total. The van der Waals surface area contributed by atoms with Gasteiger partial charge in [0.1, 0.15) is 17.1 Å². The molecule has 0 bridgehead atoms. The highest BCUT2D eigenvalue weighted by Crippen LogP contribution is 2.40. The minimum Gasteiger partial charge on any atom is -0.494 e. The molecule has 0 aliphatic heterocycles. The van der Waals surface area contributed by atoms with E-state index in [9.17, 15) is 13.2 Å². The first-order valence-electron chi connectivity index (χ1n) is 11.2. The summed E-state index contributed by atoms with van der Waals surface area (Å²) in [6.45, 7) is 2.64. The molecule has 1 heterocycles. The summed E-state index contributed by atoms with van der Waals surface area (Å²) in [7, 11) is 0. The maximum Gasteiger partial charge on any atom is 0.421 e. The predicted molar refractivity (Wildman–Crippen MR) is 123 cm³/mol. The summed E-state index contributed by atoms with van der Waals surface area (Å²) < 4.78 is 46.7. The van der Waals surface area contributed by atoms with Gasteiger partial charge in [0.15, 0.2) is 0 Å². The van der Waals surface area contributed by atoms with Gasteiger partial charge >= 0.3 is 6.18 Å². The highest BCUT2D eigenvalue weighted by atomic mass is 19.4. The fourth-order valence-electron chi connectivity index (χ4n) is 4.06. The lowest BCUT2D eigenvalue weighted by atomic mass is 9.96. The average Bonchev–Trinajstić information content (AvgIpc) is 3.33. The van der Waals surface area contributed by atoms with Gasteiger partial charge in [-0.05, 0) is 61.1 Å². The predicted octanol–water partition coefficient (Wildman–Crippen LogP) is 7.43. The summed E-state index contributed by atoms with van der Waals surface area (Å²) in [4.78, 5) is 8.09. The molecule has 1 fully saturated rings. The summed E-state index contributed by atoms with van der Waals surface area (Å²) >= 11 is 0. The Morgan fingerprint density at radius 1 is 1.00 bits per heavy atom. The van der Waals surface area contributed by atoms with E-state index in [4.69, 9.17) is 4.74 Å². The zero-order valence-corrected chi connectivity index (χ0v) is 18.5. The Labute approximate surface area is 191 Å². The first-order valence-corrected chi connectivity index (χ1v) is 11.2. The van der Waals surface area contributed by atoms with Crippen LogP contribution in [-0.4, -0.2) is 16.6 Å². The lowest BCUT2D eigenvalue weighted by Crippen LogP contribution is -2.13. The van der Waals surface area contributed by atoms with E-state index >= 15 is 0 Å². The van der Waals surface area contributed by atoms with Crippen LogP contribution in [0.2, 0.25) is 0 Å². The first-order chi connectivity index (χ1) is 15.9. The fourth-order valence-corrected chi connectivity index (χ4v) is 4.06. The van der Waals surface area contributed by atoms with Gasteiger partial charge in [0.2, 0.25) is 5.95 Å². The fraction of sp³-hybridized carbons (Fsp3) is 0.360. The van der Waals surface area contributed by atoms with Crippen molar-refractivity contribution in [3.8, 4) is 5.75 Å². The van der Waals surface area contributed by atoms with Crippen LogP contribution in [-0.2, 0) is 6.18 Å². The molecule has 2 N–H and O–H groups in total. The van der Waals surface area contributed by atoms with Crippen LogP contribution in [0.1, 0.15) is 56.1 Å². The van der Waals surface area contributed by atoms with Crippen LogP contribution in [0.3, 0.4) is 0 Å². The van der Waals surface area contributed by atoms with E-state index < -0.39 is 11.7 Å². The van der Waals surface area contributed by atoms with Crippen molar-refractivity contribution in [1.82, 2.24) is 9.97 Å². The Bertz CT molecular complexity index is 1060. The largest absolute Gasteiger partial charge is 0.494 e. The van der Waals surface area contributed by atoms with Crippen molar-refractivity contribution in [3.05, 3.63) is 65.9 Å². The van der Waals surface area contributed by atoms with E-state index in [1.165, 1.54) is 0 Å². The standard InChI is InChI=1S/C25H27F3N4O/c1-2-15-33-19-13-11-18(12-14-19)30-24-29-16-21(25(26,27)28)23(32-24)31-22-10-6-5-9-20(22)17-7-3-4-8-17/h5-6,9-14,16-17H,2-4,7-8,15H2,1H3,(H2,29,30,31,32). The van der Waals surface area contributed by atoms with Gasteiger partial charge in [0, 0.05) is 17.6 Å². The second-order valence-electron chi connectivity index (χ2n) is 8.15. The van der Waals surface area contributed by atoms with Gasteiger partial charge < -0.3 is 15.4 Å². The quantitative estimate of drug-likeness (QED) is 0.369. The zero-order chi connectivity index (χ0) is 23.3. The summed E-state index contributed by atoms with van der Waals surface area (Å²) in [5.41, 5.74) is 1.42. The second-order valence-corrected chi connectivity index (χ2v) is 8.15. The topological polar surface area (TPSA) is 59.1 Å². The highest BCUT2D eigenvalue weighted by Gasteiger charge is 2.35. The number of anilines is 4. The van der Waals surface area contributed by atoms with E-state index in [1.807, 2.05) is 25.1 Å². The number of para-hydroxylation sites is 1. The lowest BCUT2D eigenvalue weighted by Gasteiger charge is -2.19. The van der Waals surface area contributed by atoms with Crippen molar-refractivity contribution in [2.24, 2.45) is 0 Å². The van der Waals surface area contributed by atoms with Crippen LogP contribution in [0.15, 0.2) is 54.7 Å². The number of nitrogens with one attached hydrogen (secondary N) is 2. The number of benzene rings is 2. The number of hydrogen-bond donors (Lipinski definition) is 2. The first kappa shape index (κ1) is 22.9. The van der Waals surface area contributed by atoms with Crippen LogP contribution in [0, 0.1) is 0 Å². The normalized spacial score (nSPS) is 14.3. The van der Waals surface area contributed by atoms with E-state index in [2.05, 4.69) is 20.6 Å². The molecule has 0 spiro atoms. The molecule has 1 aliphatic carbocycles. The summed E-state index contributed by atoms with van der Waals surface area (Å²) in [5, 5.41) is 5.93. The average molecular weight is 457 g/mol. The molecule has 0 saturated heterocycles. The Balaban J connectivity index is 1.60. The van der Waals surface area contributed by atoms with Crippen molar-refractivity contribution in [1.29, 1.82) is 0 Å². The molecule has 1 saturated carbocycles. The van der Waals surface area contributed by atoms with Gasteiger partial charge in [-0.1, -0.05) is 38.0 Å². The Morgan fingerprint density at radius 3 is 2.42 bits per heavy atom. The molecule has 8 heteroatoms. The number of alkyl halides is 3. The summed E-state index contributed by atoms with van der Waals surface area (Å²) in [5.74, 6) is 0.872. The van der Waals surface area contributed by atoms with Crippen LogP contribution in [0.4, 0.5) is 36.3 Å². The maximum absolute atomic E-state index is 13.7. The molecule has 0 unspecified atom stereocenters. The number of rotatable bonds is 8. The van der Waals surface area contributed by atoms with Crippen LogP contribution < -0.4 is 15.4 Å². The molecule has 1 aliphatic rings. The van der Waals surface area contributed by atoms with Crippen molar-refractivity contribution in [2.75, 3.05) is 17.2 Å². The molecule has 33 heavy (non-hydrogen) atoms. The summed E-state index contributed by atoms with van der Waals surface area (Å²) in [6.07, 6.45) is 1.49. The third-order valence-corrected chi connectivity index (χ3v) is 5.69. The third kappa shape index (κ3) is 5.74. The van der Waals surface area contributed by atoms with Crippen molar-refractivity contribution >= 4 is 23.1 Å². The molecular weight excluding hydrogens is 429 g/mol. The number of nitrogens with zero attached hydrogens (tertiary/aromatic N) is 2. The van der Waals surface area contributed by atoms with Crippen molar-refractivity contribution < 1.29 is 17.9 Å². The van der Waals surface area contributed by atoms with Gasteiger partial charge in [0.25, 0.3) is 0 Å². The Hall–Kier alpha value is -3.29. The zero-order valence-electron chi connectivity index (χ0n) is 18.5. The van der Waals surface area contributed by atoms with Gasteiger partial charge in [-0.3, -0.25) is 0 Å². The van der Waals surface area contributed by atoms with Crippen molar-refractivity contribution in [3.63, 3.8) is 0 Å². The molecule has 174 valence electrons. The van der Waals surface area contributed by atoms with Gasteiger partial charge in [-0.25, -0.2) is 4.98 Å². The molecule has 0 atom stereocenters. The van der Waals surface area contributed by atoms with Crippen LogP contribution in [0.25, 0.3) is 0 Å². The maximum atomic E-state index is 13.7. The molecular formula is C25H27F3N4O. The summed E-state index contributed by atoms with van der Waals surface area (Å²) in [6, 6.07) is 14.6. The molecule has 4 rings (SSSR count). The molecule has 3 aromatic rings. The van der Waals surface area contributed by atoms with Crippen LogP contribution in [0.5, 0.6) is 5.75 Å². The van der Waals surface area contributed by atoms with Gasteiger partial charge in [0.05, 0.1) is 6.61 Å². The number of ether oxygens (including phenoxy) is 1. The minimum absolute atomic E-state index is 0.0751. The SMILES string of the molecule is CCCOc1ccc(Nc2ncc(C(F)(F)F)c(Nc3ccccc3C3CCCC3)n2)cc1. The Kier molecular flexibility index (Phi) is 7.01. The molecule has 1 aromatic heterocycles. The third-order valence-electron chi connectivity index (χ3n) is 5.69. The Morgan fingerprint density at radius 2 is 1.73 bits per heavy atom. The van der Waals surface area contributed by atoms with Crippen molar-refractivity contribution in [2.45, 2.75) is 51.1 Å². The highest BCUT2D eigenvalue weighted by molar-refractivity contribution is 5.66.